The van der Waals surface area contributed by atoms with Crippen LogP contribution in [0.5, 0.6) is 5.75 Å². The van der Waals surface area contributed by atoms with Gasteiger partial charge in [-0.1, -0.05) is 0 Å². The van der Waals surface area contributed by atoms with Gasteiger partial charge in [-0.3, -0.25) is 4.99 Å². The molecule has 0 bridgehead atoms. The third-order valence-corrected chi connectivity index (χ3v) is 1.87. The number of hydrogen-bond donors (Lipinski definition) is 1. The van der Waals surface area contributed by atoms with Crippen LogP contribution in [0.2, 0.25) is 0 Å². The Bertz CT molecular complexity index is 292. The van der Waals surface area contributed by atoms with E-state index in [0.29, 0.717) is 5.75 Å². The average molecular weight is 162 g/mol. The molecule has 0 saturated heterocycles. The van der Waals surface area contributed by atoms with Crippen molar-refractivity contribution in [3.8, 4) is 5.75 Å². The maximum absolute atomic E-state index is 9.05. The molecule has 0 radical (unpaired) electrons. The van der Waals surface area contributed by atoms with Crippen molar-refractivity contribution >= 4 is 12.0 Å². The Kier molecular flexibility index (Phi) is 1.70. The van der Waals surface area contributed by atoms with Gasteiger partial charge in [0.15, 0.2) is 0 Å². The summed E-state index contributed by atoms with van der Waals surface area (Å²) < 4.78 is 0. The van der Waals surface area contributed by atoms with Crippen LogP contribution >= 0.6 is 0 Å². The maximum atomic E-state index is 9.05. The third-order valence-electron chi connectivity index (χ3n) is 1.87. The number of phenolic OH excluding ortho intramolecular Hbond substituents is 1. The van der Waals surface area contributed by atoms with Crippen LogP contribution in [-0.4, -0.2) is 24.5 Å². The number of aliphatic imine (C=N–C) groups is 1. The van der Waals surface area contributed by atoms with Crippen molar-refractivity contribution in [2.75, 3.05) is 18.0 Å². The van der Waals surface area contributed by atoms with Gasteiger partial charge in [-0.25, -0.2) is 0 Å². The number of aromatic hydroxyl groups is 1. The van der Waals surface area contributed by atoms with Crippen molar-refractivity contribution in [1.29, 1.82) is 0 Å². The Morgan fingerprint density at radius 1 is 1.25 bits per heavy atom. The highest BCUT2D eigenvalue weighted by Crippen LogP contribution is 2.18. The summed E-state index contributed by atoms with van der Waals surface area (Å²) in [5.74, 6) is 0.301. The topological polar surface area (TPSA) is 35.8 Å². The minimum Gasteiger partial charge on any atom is -0.508 e. The van der Waals surface area contributed by atoms with E-state index in [9.17, 15) is 0 Å². The molecule has 0 aromatic heterocycles. The van der Waals surface area contributed by atoms with Gasteiger partial charge in [-0.2, -0.15) is 0 Å². The normalized spacial score (nSPS) is 15.5. The van der Waals surface area contributed by atoms with Crippen LogP contribution in [-0.2, 0) is 0 Å². The molecule has 0 spiro atoms. The summed E-state index contributed by atoms with van der Waals surface area (Å²) in [6.07, 6.45) is 1.83. The highest BCUT2D eigenvalue weighted by atomic mass is 16.3. The van der Waals surface area contributed by atoms with Crippen LogP contribution in [0.4, 0.5) is 5.69 Å². The van der Waals surface area contributed by atoms with Gasteiger partial charge in [0.1, 0.15) is 5.75 Å². The fourth-order valence-electron chi connectivity index (χ4n) is 1.22. The van der Waals surface area contributed by atoms with E-state index < -0.39 is 0 Å². The summed E-state index contributed by atoms with van der Waals surface area (Å²) in [6.45, 7) is 1.80. The molecule has 2 rings (SSSR count). The Labute approximate surface area is 71.0 Å². The molecule has 0 amide bonds. The predicted molar refractivity (Wildman–Crippen MR) is 48.8 cm³/mol. The number of rotatable bonds is 1. The first-order valence-corrected chi connectivity index (χ1v) is 3.92. The van der Waals surface area contributed by atoms with Gasteiger partial charge in [-0.15, -0.1) is 0 Å². The van der Waals surface area contributed by atoms with Gasteiger partial charge >= 0.3 is 0 Å². The van der Waals surface area contributed by atoms with Gasteiger partial charge < -0.3 is 10.0 Å². The quantitative estimate of drug-likeness (QED) is 0.674. The van der Waals surface area contributed by atoms with Crippen molar-refractivity contribution in [2.24, 2.45) is 4.99 Å². The molecule has 1 aliphatic heterocycles. The van der Waals surface area contributed by atoms with E-state index in [2.05, 4.69) is 9.89 Å². The van der Waals surface area contributed by atoms with Crippen molar-refractivity contribution in [2.45, 2.75) is 0 Å². The minimum atomic E-state index is 0.301. The van der Waals surface area contributed by atoms with E-state index in [1.54, 1.807) is 12.1 Å². The van der Waals surface area contributed by atoms with E-state index in [1.807, 2.05) is 18.5 Å². The van der Waals surface area contributed by atoms with E-state index >= 15 is 0 Å². The van der Waals surface area contributed by atoms with Crippen molar-refractivity contribution in [3.63, 3.8) is 0 Å². The fraction of sp³-hybridized carbons (Fsp3) is 0.222. The minimum absolute atomic E-state index is 0.301. The van der Waals surface area contributed by atoms with Gasteiger partial charge in [-0.05, 0) is 24.3 Å². The second-order valence-electron chi connectivity index (χ2n) is 2.73. The molecule has 1 aromatic carbocycles. The molecule has 0 saturated carbocycles. The smallest absolute Gasteiger partial charge is 0.115 e. The molecule has 3 nitrogen and oxygen atoms in total. The molecule has 1 aliphatic rings. The zero-order valence-electron chi connectivity index (χ0n) is 6.64. The largest absolute Gasteiger partial charge is 0.508 e. The summed E-state index contributed by atoms with van der Waals surface area (Å²) in [7, 11) is 0. The first-order valence-electron chi connectivity index (χ1n) is 3.92. The molecule has 1 N–H and O–H groups in total. The number of hydrogen-bond acceptors (Lipinski definition) is 3. The number of nitrogens with zero attached hydrogens (tertiary/aromatic N) is 2. The Morgan fingerprint density at radius 3 is 2.58 bits per heavy atom. The lowest BCUT2D eigenvalue weighted by Gasteiger charge is -2.12. The van der Waals surface area contributed by atoms with Crippen LogP contribution in [0.1, 0.15) is 0 Å². The third kappa shape index (κ3) is 1.25. The molecule has 62 valence electrons. The lowest BCUT2D eigenvalue weighted by atomic mass is 10.3. The first kappa shape index (κ1) is 7.16. The second-order valence-corrected chi connectivity index (χ2v) is 2.73. The summed E-state index contributed by atoms with van der Waals surface area (Å²) in [6, 6.07) is 7.13. The van der Waals surface area contributed by atoms with Crippen molar-refractivity contribution in [1.82, 2.24) is 0 Å². The standard InChI is InChI=1S/C9H10N2O/c12-9-3-1-8(2-4-9)11-6-5-10-7-11/h1-4,7,12H,5-6H2. The predicted octanol–water partition coefficient (Wildman–Crippen LogP) is 1.24. The summed E-state index contributed by atoms with van der Waals surface area (Å²) in [5, 5.41) is 9.05. The molecule has 3 heteroatoms. The van der Waals surface area contributed by atoms with Crippen LogP contribution < -0.4 is 4.90 Å². The van der Waals surface area contributed by atoms with E-state index in [-0.39, 0.29) is 0 Å². The zero-order chi connectivity index (χ0) is 8.39. The molecule has 12 heavy (non-hydrogen) atoms. The maximum Gasteiger partial charge on any atom is 0.115 e. The summed E-state index contributed by atoms with van der Waals surface area (Å²) >= 11 is 0. The second kappa shape index (κ2) is 2.85. The Morgan fingerprint density at radius 2 is 2.00 bits per heavy atom. The molecule has 1 aromatic rings. The molecule has 0 aliphatic carbocycles. The highest BCUT2D eigenvalue weighted by molar-refractivity contribution is 5.80. The lowest BCUT2D eigenvalue weighted by molar-refractivity contribution is 0.475. The van der Waals surface area contributed by atoms with E-state index in [0.717, 1.165) is 18.8 Å². The van der Waals surface area contributed by atoms with E-state index in [4.69, 9.17) is 5.11 Å². The molecule has 1 heterocycles. The molecule has 0 fully saturated rings. The SMILES string of the molecule is Oc1ccc(N2C=NCC2)cc1. The Hall–Kier alpha value is -1.51. The molecule has 0 unspecified atom stereocenters. The Balaban J connectivity index is 2.23. The lowest BCUT2D eigenvalue weighted by Crippen LogP contribution is -2.17. The molecule has 0 atom stereocenters. The molecular formula is C9H10N2O. The number of benzene rings is 1. The fourth-order valence-corrected chi connectivity index (χ4v) is 1.22. The highest BCUT2D eigenvalue weighted by Gasteiger charge is 2.06. The number of anilines is 1. The van der Waals surface area contributed by atoms with Crippen molar-refractivity contribution < 1.29 is 5.11 Å². The van der Waals surface area contributed by atoms with Crippen molar-refractivity contribution in [3.05, 3.63) is 24.3 Å². The monoisotopic (exact) mass is 162 g/mol. The van der Waals surface area contributed by atoms with Crippen LogP contribution in [0.25, 0.3) is 0 Å². The van der Waals surface area contributed by atoms with Gasteiger partial charge in [0.05, 0.1) is 12.9 Å². The van der Waals surface area contributed by atoms with Gasteiger partial charge in [0.2, 0.25) is 0 Å². The van der Waals surface area contributed by atoms with Crippen LogP contribution in [0, 0.1) is 0 Å². The molecular weight excluding hydrogens is 152 g/mol. The van der Waals surface area contributed by atoms with E-state index in [1.165, 1.54) is 0 Å². The van der Waals surface area contributed by atoms with Crippen LogP contribution in [0.15, 0.2) is 29.3 Å². The van der Waals surface area contributed by atoms with Gasteiger partial charge in [0.25, 0.3) is 0 Å². The van der Waals surface area contributed by atoms with Crippen LogP contribution in [0.3, 0.4) is 0 Å². The number of phenols is 1. The first-order chi connectivity index (χ1) is 5.86. The summed E-state index contributed by atoms with van der Waals surface area (Å²) in [5.41, 5.74) is 1.08. The average Bonchev–Trinajstić information content (AvgIpc) is 2.58. The zero-order valence-corrected chi connectivity index (χ0v) is 6.64. The summed E-state index contributed by atoms with van der Waals surface area (Å²) in [4.78, 5) is 6.16. The van der Waals surface area contributed by atoms with Gasteiger partial charge in [0, 0.05) is 12.2 Å².